The fourth-order valence-corrected chi connectivity index (χ4v) is 4.11. The fraction of sp³-hybridized carbons (Fsp3) is 0.455. The Balaban J connectivity index is 1.29. The minimum absolute atomic E-state index is 0.0617. The van der Waals surface area contributed by atoms with Crippen molar-refractivity contribution in [3.05, 3.63) is 58.5 Å². The summed E-state index contributed by atoms with van der Waals surface area (Å²) in [6, 6.07) is 8.65. The van der Waals surface area contributed by atoms with E-state index in [0.717, 1.165) is 38.0 Å². The molecular weight excluding hydrogens is 407 g/mol. The van der Waals surface area contributed by atoms with Gasteiger partial charge >= 0.3 is 0 Å². The van der Waals surface area contributed by atoms with E-state index in [2.05, 4.69) is 15.2 Å². The number of hydrogen-bond acceptors (Lipinski definition) is 5. The fourth-order valence-electron chi connectivity index (χ4n) is 3.89. The molecule has 2 fully saturated rings. The minimum atomic E-state index is -0.205. The Morgan fingerprint density at radius 1 is 1.17 bits per heavy atom. The summed E-state index contributed by atoms with van der Waals surface area (Å²) in [7, 11) is 0. The van der Waals surface area contributed by atoms with Crippen molar-refractivity contribution in [1.29, 1.82) is 0 Å². The first-order chi connectivity index (χ1) is 14.6. The number of ether oxygens (including phenoxy) is 1. The van der Waals surface area contributed by atoms with Crippen molar-refractivity contribution in [2.45, 2.75) is 25.4 Å². The maximum Gasteiger partial charge on any atom is 0.255 e. The normalized spacial score (nSPS) is 18.4. The van der Waals surface area contributed by atoms with Crippen molar-refractivity contribution in [3.63, 3.8) is 0 Å². The largest absolute Gasteiger partial charge is 0.378 e. The number of aromatic nitrogens is 1. The molecule has 4 rings (SSSR count). The number of carbonyl (C=O) groups excluding carboxylic acids is 1. The van der Waals surface area contributed by atoms with Gasteiger partial charge in [-0.25, -0.2) is 9.37 Å². The smallest absolute Gasteiger partial charge is 0.255 e. The zero-order chi connectivity index (χ0) is 20.9. The van der Waals surface area contributed by atoms with Gasteiger partial charge in [-0.1, -0.05) is 23.7 Å². The van der Waals surface area contributed by atoms with Crippen molar-refractivity contribution < 1.29 is 13.9 Å². The number of halogens is 2. The van der Waals surface area contributed by atoms with Gasteiger partial charge in [0.15, 0.2) is 0 Å². The third-order valence-electron chi connectivity index (χ3n) is 5.63. The number of rotatable bonds is 5. The van der Waals surface area contributed by atoms with Gasteiger partial charge in [0.2, 0.25) is 0 Å². The van der Waals surface area contributed by atoms with E-state index in [1.807, 2.05) is 12.1 Å². The molecule has 0 spiro atoms. The van der Waals surface area contributed by atoms with Crippen LogP contribution in [0.4, 0.5) is 10.2 Å². The SMILES string of the molecule is O=C(c1cnc(NC2CCN(Cc3ccc(F)cc3)CC2)c(Cl)c1)N1CCOCC1. The molecule has 1 N–H and O–H groups in total. The van der Waals surface area contributed by atoms with Gasteiger partial charge in [0, 0.05) is 45.0 Å². The number of nitrogens with zero attached hydrogens (tertiary/aromatic N) is 3. The molecule has 1 aromatic carbocycles. The number of pyridine rings is 1. The van der Waals surface area contributed by atoms with Crippen molar-refractivity contribution in [1.82, 2.24) is 14.8 Å². The molecule has 3 heterocycles. The maximum atomic E-state index is 13.1. The molecule has 0 radical (unpaired) electrons. The third kappa shape index (κ3) is 5.28. The number of amides is 1. The summed E-state index contributed by atoms with van der Waals surface area (Å²) < 4.78 is 18.3. The van der Waals surface area contributed by atoms with Crippen LogP contribution in [0.1, 0.15) is 28.8 Å². The average Bonchev–Trinajstić information content (AvgIpc) is 2.78. The Hall–Kier alpha value is -2.22. The van der Waals surface area contributed by atoms with E-state index in [-0.39, 0.29) is 17.8 Å². The molecule has 2 saturated heterocycles. The minimum Gasteiger partial charge on any atom is -0.378 e. The molecule has 0 unspecified atom stereocenters. The monoisotopic (exact) mass is 432 g/mol. The van der Waals surface area contributed by atoms with Gasteiger partial charge in [-0.2, -0.15) is 0 Å². The lowest BCUT2D eigenvalue weighted by Gasteiger charge is -2.32. The highest BCUT2D eigenvalue weighted by molar-refractivity contribution is 6.33. The lowest BCUT2D eigenvalue weighted by atomic mass is 10.0. The molecule has 30 heavy (non-hydrogen) atoms. The lowest BCUT2D eigenvalue weighted by Crippen LogP contribution is -2.40. The Morgan fingerprint density at radius 2 is 1.87 bits per heavy atom. The third-order valence-corrected chi connectivity index (χ3v) is 5.92. The van der Waals surface area contributed by atoms with Crippen LogP contribution in [0, 0.1) is 5.82 Å². The molecule has 2 aliphatic heterocycles. The van der Waals surface area contributed by atoms with Crippen LogP contribution >= 0.6 is 11.6 Å². The van der Waals surface area contributed by atoms with E-state index in [1.54, 1.807) is 17.2 Å². The second kappa shape index (κ2) is 9.73. The molecule has 0 bridgehead atoms. The Kier molecular flexibility index (Phi) is 6.82. The summed E-state index contributed by atoms with van der Waals surface area (Å²) in [6.07, 6.45) is 3.52. The summed E-state index contributed by atoms with van der Waals surface area (Å²) in [6.45, 7) is 5.02. The van der Waals surface area contributed by atoms with Gasteiger partial charge in [0.05, 0.1) is 23.8 Å². The van der Waals surface area contributed by atoms with Gasteiger partial charge in [-0.3, -0.25) is 9.69 Å². The van der Waals surface area contributed by atoms with Crippen molar-refractivity contribution in [3.8, 4) is 0 Å². The number of nitrogens with one attached hydrogen (secondary N) is 1. The quantitative estimate of drug-likeness (QED) is 0.784. The zero-order valence-corrected chi connectivity index (χ0v) is 17.6. The van der Waals surface area contributed by atoms with Gasteiger partial charge in [0.25, 0.3) is 5.91 Å². The zero-order valence-electron chi connectivity index (χ0n) is 16.8. The highest BCUT2D eigenvalue weighted by Gasteiger charge is 2.22. The average molecular weight is 433 g/mol. The van der Waals surface area contributed by atoms with Crippen molar-refractivity contribution in [2.75, 3.05) is 44.7 Å². The van der Waals surface area contributed by atoms with E-state index < -0.39 is 0 Å². The van der Waals surface area contributed by atoms with Crippen LogP contribution < -0.4 is 5.32 Å². The van der Waals surface area contributed by atoms with Crippen LogP contribution in [-0.2, 0) is 11.3 Å². The number of benzene rings is 1. The number of likely N-dealkylation sites (tertiary alicyclic amines) is 1. The van der Waals surface area contributed by atoms with E-state index in [1.165, 1.54) is 12.1 Å². The molecule has 0 aliphatic carbocycles. The Morgan fingerprint density at radius 3 is 2.53 bits per heavy atom. The van der Waals surface area contributed by atoms with Crippen LogP contribution in [0.25, 0.3) is 0 Å². The summed E-state index contributed by atoms with van der Waals surface area (Å²) >= 11 is 6.42. The molecule has 1 amide bonds. The molecule has 160 valence electrons. The van der Waals surface area contributed by atoms with Gasteiger partial charge < -0.3 is 15.0 Å². The van der Waals surface area contributed by atoms with E-state index in [9.17, 15) is 9.18 Å². The number of anilines is 1. The summed E-state index contributed by atoms with van der Waals surface area (Å²) in [5.41, 5.74) is 1.62. The van der Waals surface area contributed by atoms with Gasteiger partial charge in [-0.15, -0.1) is 0 Å². The molecule has 0 atom stereocenters. The van der Waals surface area contributed by atoms with Gasteiger partial charge in [0.1, 0.15) is 11.6 Å². The van der Waals surface area contributed by atoms with Crippen LogP contribution in [-0.4, -0.2) is 66.1 Å². The first-order valence-electron chi connectivity index (χ1n) is 10.3. The summed E-state index contributed by atoms with van der Waals surface area (Å²) in [5.74, 6) is 0.351. The molecule has 1 aromatic heterocycles. The highest BCUT2D eigenvalue weighted by Crippen LogP contribution is 2.24. The topological polar surface area (TPSA) is 57.7 Å². The standard InChI is InChI=1S/C22H26ClFN4O2/c23-20-13-17(22(29)28-9-11-30-12-10-28)14-25-21(20)26-19-5-7-27(8-6-19)15-16-1-3-18(24)4-2-16/h1-4,13-14,19H,5-12,15H2,(H,25,26). The van der Waals surface area contributed by atoms with E-state index >= 15 is 0 Å². The molecule has 2 aromatic rings. The van der Waals surface area contributed by atoms with E-state index in [4.69, 9.17) is 16.3 Å². The van der Waals surface area contributed by atoms with E-state index in [0.29, 0.717) is 42.7 Å². The number of morpholine rings is 1. The highest BCUT2D eigenvalue weighted by atomic mass is 35.5. The molecule has 0 saturated carbocycles. The molecular formula is C22H26ClFN4O2. The first kappa shape index (κ1) is 21.0. The van der Waals surface area contributed by atoms with Gasteiger partial charge in [-0.05, 0) is 36.6 Å². The second-order valence-corrected chi connectivity index (χ2v) is 8.19. The Bertz CT molecular complexity index is 866. The van der Waals surface area contributed by atoms with Crippen LogP contribution in [0.15, 0.2) is 36.5 Å². The predicted molar refractivity (Wildman–Crippen MR) is 114 cm³/mol. The predicted octanol–water partition coefficient (Wildman–Crippen LogP) is 3.42. The van der Waals surface area contributed by atoms with Crippen molar-refractivity contribution in [2.24, 2.45) is 0 Å². The summed E-state index contributed by atoms with van der Waals surface area (Å²) in [5, 5.41) is 3.88. The number of piperidine rings is 1. The Labute approximate surface area is 181 Å². The molecule has 2 aliphatic rings. The lowest BCUT2D eigenvalue weighted by molar-refractivity contribution is 0.0302. The van der Waals surface area contributed by atoms with Crippen LogP contribution in [0.5, 0.6) is 0 Å². The summed E-state index contributed by atoms with van der Waals surface area (Å²) in [4.78, 5) is 21.1. The number of carbonyl (C=O) groups is 1. The van der Waals surface area contributed by atoms with Crippen LogP contribution in [0.2, 0.25) is 5.02 Å². The first-order valence-corrected chi connectivity index (χ1v) is 10.7. The van der Waals surface area contributed by atoms with Crippen LogP contribution in [0.3, 0.4) is 0 Å². The maximum absolute atomic E-state index is 13.1. The second-order valence-electron chi connectivity index (χ2n) is 7.78. The molecule has 8 heteroatoms. The number of hydrogen-bond donors (Lipinski definition) is 1. The van der Waals surface area contributed by atoms with Crippen molar-refractivity contribution >= 4 is 23.3 Å². The molecule has 6 nitrogen and oxygen atoms in total.